The summed E-state index contributed by atoms with van der Waals surface area (Å²) < 4.78 is 67.6. The number of hydrogen-bond acceptors (Lipinski definition) is 2. The number of alkyl halides is 3. The number of ether oxygens (including phenoxy) is 1. The average Bonchev–Trinajstić information content (AvgIpc) is 2.44. The van der Waals surface area contributed by atoms with E-state index in [2.05, 4.69) is 10.1 Å². The van der Waals surface area contributed by atoms with Crippen LogP contribution in [0.15, 0.2) is 42.5 Å². The van der Waals surface area contributed by atoms with Crippen molar-refractivity contribution in [2.75, 3.05) is 0 Å². The molecule has 1 atom stereocenters. The maximum absolute atomic E-state index is 13.7. The average molecular weight is 331 g/mol. The lowest BCUT2D eigenvalue weighted by atomic mass is 10.1. The van der Waals surface area contributed by atoms with Crippen LogP contribution in [0.1, 0.15) is 24.1 Å². The molecule has 2 aromatic rings. The highest BCUT2D eigenvalue weighted by atomic mass is 19.4. The second-order valence-electron chi connectivity index (χ2n) is 4.92. The van der Waals surface area contributed by atoms with Crippen LogP contribution in [-0.2, 0) is 6.54 Å². The minimum absolute atomic E-state index is 0.0320. The molecule has 124 valence electrons. The lowest BCUT2D eigenvalue weighted by Gasteiger charge is -2.17. The second kappa shape index (κ2) is 6.95. The molecule has 0 radical (unpaired) electrons. The molecule has 0 aliphatic carbocycles. The Morgan fingerprint density at radius 2 is 1.78 bits per heavy atom. The number of hydrogen-bond donors (Lipinski definition) is 1. The number of rotatable bonds is 5. The molecule has 0 aliphatic heterocycles. The topological polar surface area (TPSA) is 21.3 Å². The van der Waals surface area contributed by atoms with Gasteiger partial charge in [0.1, 0.15) is 17.4 Å². The fourth-order valence-corrected chi connectivity index (χ4v) is 2.10. The van der Waals surface area contributed by atoms with Crippen molar-refractivity contribution in [3.8, 4) is 5.75 Å². The molecule has 0 aliphatic rings. The Balaban J connectivity index is 2.08. The van der Waals surface area contributed by atoms with Gasteiger partial charge in [-0.05, 0) is 19.1 Å². The predicted octanol–water partition coefficient (Wildman–Crippen LogP) is 4.71. The summed E-state index contributed by atoms with van der Waals surface area (Å²) >= 11 is 0. The van der Waals surface area contributed by atoms with Gasteiger partial charge in [-0.2, -0.15) is 0 Å². The largest absolute Gasteiger partial charge is 0.573 e. The molecule has 0 saturated carbocycles. The Kier molecular flexibility index (Phi) is 5.20. The SMILES string of the molecule is CC(NCc1ccccc1OC(F)(F)F)c1ccc(F)cc1F. The zero-order chi connectivity index (χ0) is 17.0. The van der Waals surface area contributed by atoms with E-state index in [9.17, 15) is 22.0 Å². The molecule has 0 fully saturated rings. The molecule has 23 heavy (non-hydrogen) atoms. The van der Waals surface area contributed by atoms with Gasteiger partial charge in [-0.15, -0.1) is 13.2 Å². The van der Waals surface area contributed by atoms with E-state index in [1.165, 1.54) is 24.3 Å². The third-order valence-electron chi connectivity index (χ3n) is 3.23. The van der Waals surface area contributed by atoms with Gasteiger partial charge in [0.25, 0.3) is 0 Å². The highest BCUT2D eigenvalue weighted by molar-refractivity contribution is 5.33. The molecule has 1 unspecified atom stereocenters. The quantitative estimate of drug-likeness (QED) is 0.801. The fourth-order valence-electron chi connectivity index (χ4n) is 2.10. The van der Waals surface area contributed by atoms with Crippen LogP contribution in [0.5, 0.6) is 5.75 Å². The normalized spacial score (nSPS) is 13.0. The molecule has 0 spiro atoms. The van der Waals surface area contributed by atoms with Crippen molar-refractivity contribution in [2.24, 2.45) is 0 Å². The lowest BCUT2D eigenvalue weighted by Crippen LogP contribution is -2.22. The van der Waals surface area contributed by atoms with Crippen molar-refractivity contribution in [3.05, 3.63) is 65.2 Å². The van der Waals surface area contributed by atoms with Crippen molar-refractivity contribution >= 4 is 0 Å². The molecular formula is C16H14F5NO. The molecular weight excluding hydrogens is 317 g/mol. The van der Waals surface area contributed by atoms with Crippen LogP contribution < -0.4 is 10.1 Å². The van der Waals surface area contributed by atoms with Crippen molar-refractivity contribution in [3.63, 3.8) is 0 Å². The van der Waals surface area contributed by atoms with Crippen LogP contribution in [0.4, 0.5) is 22.0 Å². The van der Waals surface area contributed by atoms with Gasteiger partial charge in [0.05, 0.1) is 0 Å². The van der Waals surface area contributed by atoms with E-state index in [4.69, 9.17) is 0 Å². The van der Waals surface area contributed by atoms with Gasteiger partial charge < -0.3 is 10.1 Å². The van der Waals surface area contributed by atoms with Crippen LogP contribution in [-0.4, -0.2) is 6.36 Å². The molecule has 0 aromatic heterocycles. The summed E-state index contributed by atoms with van der Waals surface area (Å²) in [6.45, 7) is 1.66. The fraction of sp³-hybridized carbons (Fsp3) is 0.250. The summed E-state index contributed by atoms with van der Waals surface area (Å²) in [5.74, 6) is -1.73. The Morgan fingerprint density at radius 3 is 2.43 bits per heavy atom. The standard InChI is InChI=1S/C16H14F5NO/c1-10(13-7-6-12(17)8-14(13)18)22-9-11-4-2-3-5-15(11)23-16(19,20)21/h2-8,10,22H,9H2,1H3. The van der Waals surface area contributed by atoms with Crippen molar-refractivity contribution in [1.82, 2.24) is 5.32 Å². The highest BCUT2D eigenvalue weighted by Gasteiger charge is 2.31. The van der Waals surface area contributed by atoms with Crippen molar-refractivity contribution in [1.29, 1.82) is 0 Å². The van der Waals surface area contributed by atoms with Gasteiger partial charge >= 0.3 is 6.36 Å². The van der Waals surface area contributed by atoms with E-state index in [0.29, 0.717) is 0 Å². The monoisotopic (exact) mass is 331 g/mol. The van der Waals surface area contributed by atoms with Crippen LogP contribution >= 0.6 is 0 Å². The zero-order valence-corrected chi connectivity index (χ0v) is 12.1. The maximum atomic E-state index is 13.7. The minimum Gasteiger partial charge on any atom is -0.405 e. The first-order valence-corrected chi connectivity index (χ1v) is 6.78. The molecule has 0 amide bonds. The highest BCUT2D eigenvalue weighted by Crippen LogP contribution is 2.27. The van der Waals surface area contributed by atoms with Crippen LogP contribution in [0, 0.1) is 11.6 Å². The molecule has 2 rings (SSSR count). The summed E-state index contributed by atoms with van der Waals surface area (Å²) in [6.07, 6.45) is -4.79. The second-order valence-corrected chi connectivity index (χ2v) is 4.92. The smallest absolute Gasteiger partial charge is 0.405 e. The van der Waals surface area contributed by atoms with Crippen LogP contribution in [0.2, 0.25) is 0 Å². The minimum atomic E-state index is -4.79. The summed E-state index contributed by atoms with van der Waals surface area (Å²) in [4.78, 5) is 0. The Labute approximate surface area is 129 Å². The first-order chi connectivity index (χ1) is 10.8. The summed E-state index contributed by atoms with van der Waals surface area (Å²) in [7, 11) is 0. The Bertz CT molecular complexity index is 672. The van der Waals surface area contributed by atoms with Crippen LogP contribution in [0.25, 0.3) is 0 Å². The van der Waals surface area contributed by atoms with E-state index in [-0.39, 0.29) is 23.4 Å². The third kappa shape index (κ3) is 4.92. The van der Waals surface area contributed by atoms with E-state index in [1.807, 2.05) is 0 Å². The van der Waals surface area contributed by atoms with Gasteiger partial charge in [-0.25, -0.2) is 8.78 Å². The number of benzene rings is 2. The number of para-hydroxylation sites is 1. The van der Waals surface area contributed by atoms with E-state index < -0.39 is 24.0 Å². The van der Waals surface area contributed by atoms with E-state index >= 15 is 0 Å². The summed E-state index contributed by atoms with van der Waals surface area (Å²) in [5.41, 5.74) is 0.500. The molecule has 0 saturated heterocycles. The Morgan fingerprint density at radius 1 is 1.09 bits per heavy atom. The van der Waals surface area contributed by atoms with Gasteiger partial charge in [0.15, 0.2) is 0 Å². The molecule has 2 nitrogen and oxygen atoms in total. The molecule has 1 N–H and O–H groups in total. The van der Waals surface area contributed by atoms with Gasteiger partial charge in [0.2, 0.25) is 0 Å². The van der Waals surface area contributed by atoms with E-state index in [1.54, 1.807) is 13.0 Å². The molecule has 2 aromatic carbocycles. The number of nitrogens with one attached hydrogen (secondary N) is 1. The van der Waals surface area contributed by atoms with Crippen molar-refractivity contribution < 1.29 is 26.7 Å². The first-order valence-electron chi connectivity index (χ1n) is 6.78. The Hall–Kier alpha value is -2.15. The van der Waals surface area contributed by atoms with Crippen LogP contribution in [0.3, 0.4) is 0 Å². The van der Waals surface area contributed by atoms with Gasteiger partial charge in [-0.1, -0.05) is 24.3 Å². The predicted molar refractivity (Wildman–Crippen MR) is 74.7 cm³/mol. The molecule has 0 bridgehead atoms. The number of halogens is 5. The third-order valence-corrected chi connectivity index (χ3v) is 3.23. The van der Waals surface area contributed by atoms with Crippen molar-refractivity contribution in [2.45, 2.75) is 25.9 Å². The zero-order valence-electron chi connectivity index (χ0n) is 12.1. The summed E-state index contributed by atoms with van der Waals surface area (Å²) in [5, 5.41) is 2.89. The van der Waals surface area contributed by atoms with Gasteiger partial charge in [0, 0.05) is 29.8 Å². The molecule has 7 heteroatoms. The van der Waals surface area contributed by atoms with Gasteiger partial charge in [-0.3, -0.25) is 0 Å². The maximum Gasteiger partial charge on any atom is 0.573 e. The lowest BCUT2D eigenvalue weighted by molar-refractivity contribution is -0.274. The summed E-state index contributed by atoms with van der Waals surface area (Å²) in [6, 6.07) is 8.33. The molecule has 0 heterocycles. The first kappa shape index (κ1) is 17.2. The van der Waals surface area contributed by atoms with E-state index in [0.717, 1.165) is 12.1 Å².